The molecule has 118 valence electrons. The number of amides is 1. The van der Waals surface area contributed by atoms with Crippen LogP contribution < -0.4 is 11.1 Å². The second-order valence-electron chi connectivity index (χ2n) is 5.75. The van der Waals surface area contributed by atoms with Crippen molar-refractivity contribution < 1.29 is 9.53 Å². The molecule has 1 heterocycles. The van der Waals surface area contributed by atoms with Crippen LogP contribution in [0, 0.1) is 0 Å². The van der Waals surface area contributed by atoms with Crippen LogP contribution in [0.3, 0.4) is 0 Å². The van der Waals surface area contributed by atoms with E-state index in [9.17, 15) is 4.79 Å². The first-order valence-electron chi connectivity index (χ1n) is 7.99. The van der Waals surface area contributed by atoms with E-state index >= 15 is 0 Å². The fourth-order valence-corrected chi connectivity index (χ4v) is 2.60. The van der Waals surface area contributed by atoms with Crippen LogP contribution >= 0.6 is 0 Å². The standard InChI is InChI=1S/C15H31N3O2/c1-3-5-13(2)17-15(19)12-18-9-6-14(7-10-18)20-11-4-8-16/h13-14H,3-12,16H2,1-2H3,(H,17,19). The highest BCUT2D eigenvalue weighted by atomic mass is 16.5. The molecule has 5 heteroatoms. The Kier molecular flexibility index (Phi) is 8.82. The molecule has 20 heavy (non-hydrogen) atoms. The summed E-state index contributed by atoms with van der Waals surface area (Å²) in [5.41, 5.74) is 5.45. The summed E-state index contributed by atoms with van der Waals surface area (Å²) in [4.78, 5) is 14.1. The summed E-state index contributed by atoms with van der Waals surface area (Å²) in [6, 6.07) is 0.282. The van der Waals surface area contributed by atoms with Gasteiger partial charge in [0.1, 0.15) is 0 Å². The summed E-state index contributed by atoms with van der Waals surface area (Å²) in [5.74, 6) is 0.147. The van der Waals surface area contributed by atoms with Crippen LogP contribution in [0.5, 0.6) is 0 Å². The van der Waals surface area contributed by atoms with Gasteiger partial charge in [-0.3, -0.25) is 9.69 Å². The van der Waals surface area contributed by atoms with Crippen LogP contribution in [0.15, 0.2) is 0 Å². The van der Waals surface area contributed by atoms with Crippen molar-refractivity contribution in [2.45, 2.75) is 58.1 Å². The molecule has 0 radical (unpaired) electrons. The van der Waals surface area contributed by atoms with Gasteiger partial charge in [0.2, 0.25) is 5.91 Å². The van der Waals surface area contributed by atoms with Gasteiger partial charge in [0.05, 0.1) is 12.6 Å². The number of rotatable bonds is 9. The number of ether oxygens (including phenoxy) is 1. The largest absolute Gasteiger partial charge is 0.378 e. The molecule has 1 aliphatic rings. The van der Waals surface area contributed by atoms with Gasteiger partial charge >= 0.3 is 0 Å². The average molecular weight is 285 g/mol. The van der Waals surface area contributed by atoms with Gasteiger partial charge in [0.15, 0.2) is 0 Å². The Hall–Kier alpha value is -0.650. The molecule has 3 N–H and O–H groups in total. The highest BCUT2D eigenvalue weighted by molar-refractivity contribution is 5.78. The molecular weight excluding hydrogens is 254 g/mol. The van der Waals surface area contributed by atoms with E-state index in [4.69, 9.17) is 10.5 Å². The van der Waals surface area contributed by atoms with Crippen molar-refractivity contribution in [3.63, 3.8) is 0 Å². The van der Waals surface area contributed by atoms with Crippen molar-refractivity contribution in [1.82, 2.24) is 10.2 Å². The van der Waals surface area contributed by atoms with Crippen LogP contribution in [0.1, 0.15) is 46.0 Å². The van der Waals surface area contributed by atoms with Gasteiger partial charge in [-0.15, -0.1) is 0 Å². The van der Waals surface area contributed by atoms with E-state index in [-0.39, 0.29) is 11.9 Å². The molecule has 0 spiro atoms. The number of hydrogen-bond acceptors (Lipinski definition) is 4. The topological polar surface area (TPSA) is 67.6 Å². The summed E-state index contributed by atoms with van der Waals surface area (Å²) < 4.78 is 5.77. The van der Waals surface area contributed by atoms with Gasteiger partial charge in [0, 0.05) is 25.7 Å². The number of nitrogens with one attached hydrogen (secondary N) is 1. The average Bonchev–Trinajstić information content (AvgIpc) is 2.41. The maximum atomic E-state index is 11.9. The summed E-state index contributed by atoms with van der Waals surface area (Å²) in [6.45, 7) is 8.07. The van der Waals surface area contributed by atoms with Gasteiger partial charge in [0.25, 0.3) is 0 Å². The van der Waals surface area contributed by atoms with Crippen LogP contribution in [0.4, 0.5) is 0 Å². The third kappa shape index (κ3) is 7.22. The van der Waals surface area contributed by atoms with Gasteiger partial charge in [-0.1, -0.05) is 13.3 Å². The maximum Gasteiger partial charge on any atom is 0.234 e. The fraction of sp³-hybridized carbons (Fsp3) is 0.933. The minimum atomic E-state index is 0.147. The molecule has 1 saturated heterocycles. The number of nitrogens with two attached hydrogens (primary N) is 1. The van der Waals surface area contributed by atoms with E-state index in [1.807, 2.05) is 0 Å². The lowest BCUT2D eigenvalue weighted by Gasteiger charge is -2.31. The molecular formula is C15H31N3O2. The molecule has 1 rings (SSSR count). The molecule has 1 amide bonds. The number of carbonyl (C=O) groups is 1. The van der Waals surface area contributed by atoms with E-state index in [1.54, 1.807) is 0 Å². The molecule has 5 nitrogen and oxygen atoms in total. The van der Waals surface area contributed by atoms with E-state index in [0.717, 1.165) is 51.8 Å². The number of hydrogen-bond donors (Lipinski definition) is 2. The first kappa shape index (κ1) is 17.4. The van der Waals surface area contributed by atoms with Crippen LogP contribution in [-0.4, -0.2) is 55.7 Å². The second kappa shape index (κ2) is 10.1. The summed E-state index contributed by atoms with van der Waals surface area (Å²) >= 11 is 0. The van der Waals surface area contributed by atoms with Crippen molar-refractivity contribution >= 4 is 5.91 Å². The minimum Gasteiger partial charge on any atom is -0.378 e. The molecule has 0 aromatic carbocycles. The molecule has 1 fully saturated rings. The highest BCUT2D eigenvalue weighted by Gasteiger charge is 2.21. The van der Waals surface area contributed by atoms with E-state index in [0.29, 0.717) is 19.2 Å². The Bertz CT molecular complexity index is 266. The number of nitrogens with zero attached hydrogens (tertiary/aromatic N) is 1. The lowest BCUT2D eigenvalue weighted by atomic mass is 10.1. The predicted molar refractivity (Wildman–Crippen MR) is 81.6 cm³/mol. The molecule has 0 bridgehead atoms. The number of piperidine rings is 1. The third-order valence-corrected chi connectivity index (χ3v) is 3.73. The van der Waals surface area contributed by atoms with Crippen molar-refractivity contribution in [2.75, 3.05) is 32.8 Å². The van der Waals surface area contributed by atoms with Crippen LogP contribution in [-0.2, 0) is 9.53 Å². The first-order valence-corrected chi connectivity index (χ1v) is 7.99. The Morgan fingerprint density at radius 2 is 2.15 bits per heavy atom. The molecule has 1 atom stereocenters. The third-order valence-electron chi connectivity index (χ3n) is 3.73. The molecule has 0 aliphatic carbocycles. The van der Waals surface area contributed by atoms with Gasteiger partial charge < -0.3 is 15.8 Å². The highest BCUT2D eigenvalue weighted by Crippen LogP contribution is 2.13. The quantitative estimate of drug-likeness (QED) is 0.623. The Morgan fingerprint density at radius 1 is 1.45 bits per heavy atom. The minimum absolute atomic E-state index is 0.147. The van der Waals surface area contributed by atoms with Crippen LogP contribution in [0.2, 0.25) is 0 Å². The smallest absolute Gasteiger partial charge is 0.234 e. The van der Waals surface area contributed by atoms with Crippen molar-refractivity contribution in [1.29, 1.82) is 0 Å². The Labute approximate surface area is 123 Å². The predicted octanol–water partition coefficient (Wildman–Crippen LogP) is 1.12. The monoisotopic (exact) mass is 285 g/mol. The van der Waals surface area contributed by atoms with E-state index in [1.165, 1.54) is 0 Å². The number of likely N-dealkylation sites (tertiary alicyclic amines) is 1. The lowest BCUT2D eigenvalue weighted by molar-refractivity contribution is -0.123. The molecule has 0 aromatic rings. The zero-order valence-corrected chi connectivity index (χ0v) is 13.1. The summed E-state index contributed by atoms with van der Waals surface area (Å²) in [5, 5.41) is 3.06. The van der Waals surface area contributed by atoms with E-state index in [2.05, 4.69) is 24.1 Å². The summed E-state index contributed by atoms with van der Waals surface area (Å²) in [7, 11) is 0. The zero-order chi connectivity index (χ0) is 14.8. The number of carbonyl (C=O) groups excluding carboxylic acids is 1. The van der Waals surface area contributed by atoms with Crippen molar-refractivity contribution in [2.24, 2.45) is 5.73 Å². The van der Waals surface area contributed by atoms with Gasteiger partial charge in [-0.2, -0.15) is 0 Å². The molecule has 0 aromatic heterocycles. The zero-order valence-electron chi connectivity index (χ0n) is 13.1. The lowest BCUT2D eigenvalue weighted by Crippen LogP contribution is -2.45. The first-order chi connectivity index (χ1) is 9.65. The van der Waals surface area contributed by atoms with Gasteiger partial charge in [-0.25, -0.2) is 0 Å². The maximum absolute atomic E-state index is 11.9. The van der Waals surface area contributed by atoms with E-state index < -0.39 is 0 Å². The fourth-order valence-electron chi connectivity index (χ4n) is 2.60. The van der Waals surface area contributed by atoms with Crippen LogP contribution in [0.25, 0.3) is 0 Å². The SMILES string of the molecule is CCCC(C)NC(=O)CN1CCC(OCCCN)CC1. The Balaban J connectivity index is 2.13. The summed E-state index contributed by atoms with van der Waals surface area (Å²) in [6.07, 6.45) is 5.46. The Morgan fingerprint density at radius 3 is 2.75 bits per heavy atom. The van der Waals surface area contributed by atoms with Crippen molar-refractivity contribution in [3.8, 4) is 0 Å². The van der Waals surface area contributed by atoms with Gasteiger partial charge in [-0.05, 0) is 39.2 Å². The van der Waals surface area contributed by atoms with Crippen molar-refractivity contribution in [3.05, 3.63) is 0 Å². The molecule has 1 unspecified atom stereocenters. The normalized spacial score (nSPS) is 18.9. The second-order valence-corrected chi connectivity index (χ2v) is 5.75. The molecule has 0 saturated carbocycles. The molecule has 1 aliphatic heterocycles.